The molecule has 0 aromatic carbocycles. The maximum Gasteiger partial charge on any atom is 0.319 e. The monoisotopic (exact) mass is 407 g/mol. The molecule has 0 bridgehead atoms. The Labute approximate surface area is 175 Å². The van der Waals surface area contributed by atoms with Crippen molar-refractivity contribution in [3.05, 3.63) is 48.0 Å². The van der Waals surface area contributed by atoms with Crippen LogP contribution in [0.15, 0.2) is 36.8 Å². The zero-order valence-corrected chi connectivity index (χ0v) is 17.0. The van der Waals surface area contributed by atoms with Crippen molar-refractivity contribution < 1.29 is 4.79 Å². The molecule has 0 unspecified atom stereocenters. The molecule has 0 spiro atoms. The highest BCUT2D eigenvalue weighted by Crippen LogP contribution is 2.28. The van der Waals surface area contributed by atoms with E-state index in [4.69, 9.17) is 16.5 Å². The van der Waals surface area contributed by atoms with E-state index in [9.17, 15) is 4.79 Å². The van der Waals surface area contributed by atoms with E-state index in [0.29, 0.717) is 19.6 Å². The third-order valence-corrected chi connectivity index (χ3v) is 5.35. The lowest BCUT2D eigenvalue weighted by atomic mass is 9.93. The smallest absolute Gasteiger partial charge is 0.319 e. The number of hydrogen-bond acceptors (Lipinski definition) is 7. The molecular weight excluding hydrogens is 381 g/mol. The molecule has 11 heteroatoms. The Balaban J connectivity index is 1.52. The SMILES string of the molecule is Bc1cnn2c(NCc3cccnc3)cc(C3CCN(C(=O)NC(N)N)CC3)nc12. The van der Waals surface area contributed by atoms with Crippen LogP contribution in [-0.2, 0) is 6.54 Å². The molecule has 0 saturated carbocycles. The quantitative estimate of drug-likeness (QED) is 0.317. The Morgan fingerprint density at radius 1 is 1.30 bits per heavy atom. The van der Waals surface area contributed by atoms with E-state index in [1.54, 1.807) is 11.1 Å². The molecule has 30 heavy (non-hydrogen) atoms. The third kappa shape index (κ3) is 4.36. The first-order chi connectivity index (χ1) is 14.5. The maximum absolute atomic E-state index is 12.1. The Morgan fingerprint density at radius 3 is 2.80 bits per heavy atom. The van der Waals surface area contributed by atoms with Gasteiger partial charge < -0.3 is 15.5 Å². The van der Waals surface area contributed by atoms with E-state index < -0.39 is 6.29 Å². The number of nitrogens with two attached hydrogens (primary N) is 2. The number of amides is 2. The molecule has 0 atom stereocenters. The fourth-order valence-electron chi connectivity index (χ4n) is 3.73. The number of nitrogens with zero attached hydrogens (tertiary/aromatic N) is 5. The van der Waals surface area contributed by atoms with Crippen molar-refractivity contribution in [2.24, 2.45) is 11.5 Å². The van der Waals surface area contributed by atoms with Gasteiger partial charge in [-0.05, 0) is 29.9 Å². The molecule has 1 aliphatic heterocycles. The second-order valence-corrected chi connectivity index (χ2v) is 7.58. The number of likely N-dealkylation sites (tertiary alicyclic amines) is 1. The number of carbonyl (C=O) groups excluding carboxylic acids is 1. The highest BCUT2D eigenvalue weighted by atomic mass is 16.2. The number of piperidine rings is 1. The summed E-state index contributed by atoms with van der Waals surface area (Å²) in [5.41, 5.74) is 14.9. The topological polar surface area (TPSA) is 139 Å². The molecule has 2 amide bonds. The highest BCUT2D eigenvalue weighted by molar-refractivity contribution is 6.36. The summed E-state index contributed by atoms with van der Waals surface area (Å²) in [4.78, 5) is 22.9. The van der Waals surface area contributed by atoms with Gasteiger partial charge in [0.1, 0.15) is 20.0 Å². The number of urea groups is 1. The van der Waals surface area contributed by atoms with Crippen LogP contribution in [0.3, 0.4) is 0 Å². The Hall–Kier alpha value is -3.18. The molecule has 0 radical (unpaired) electrons. The summed E-state index contributed by atoms with van der Waals surface area (Å²) in [5.74, 6) is 1.15. The van der Waals surface area contributed by atoms with Crippen molar-refractivity contribution in [1.29, 1.82) is 0 Å². The number of rotatable bonds is 5. The second kappa shape index (κ2) is 8.68. The van der Waals surface area contributed by atoms with Gasteiger partial charge in [0, 0.05) is 55.9 Å². The van der Waals surface area contributed by atoms with Gasteiger partial charge in [-0.2, -0.15) is 9.61 Å². The average molecular weight is 407 g/mol. The molecule has 6 N–H and O–H groups in total. The third-order valence-electron chi connectivity index (χ3n) is 5.35. The zero-order chi connectivity index (χ0) is 21.1. The summed E-state index contributed by atoms with van der Waals surface area (Å²) in [7, 11) is 2.01. The number of anilines is 1. The van der Waals surface area contributed by atoms with Gasteiger partial charge in [0.15, 0.2) is 5.65 Å². The van der Waals surface area contributed by atoms with E-state index in [2.05, 4.69) is 26.8 Å². The van der Waals surface area contributed by atoms with Crippen LogP contribution in [0.5, 0.6) is 0 Å². The number of aromatic nitrogens is 4. The maximum atomic E-state index is 12.1. The van der Waals surface area contributed by atoms with Gasteiger partial charge in [-0.1, -0.05) is 6.07 Å². The van der Waals surface area contributed by atoms with Crippen LogP contribution in [0.4, 0.5) is 10.6 Å². The van der Waals surface area contributed by atoms with E-state index in [0.717, 1.165) is 41.0 Å². The Kier molecular flexibility index (Phi) is 5.82. The molecule has 1 aliphatic rings. The molecule has 3 aromatic heterocycles. The van der Waals surface area contributed by atoms with Crippen LogP contribution < -0.4 is 27.6 Å². The lowest BCUT2D eigenvalue weighted by Crippen LogP contribution is -2.54. The fraction of sp³-hybridized carbons (Fsp3) is 0.368. The minimum Gasteiger partial charge on any atom is -0.366 e. The normalized spacial score (nSPS) is 15.0. The van der Waals surface area contributed by atoms with Crippen LogP contribution in [0, 0.1) is 0 Å². The summed E-state index contributed by atoms with van der Waals surface area (Å²) >= 11 is 0. The van der Waals surface area contributed by atoms with Gasteiger partial charge in [0.05, 0.1) is 0 Å². The average Bonchev–Trinajstić information content (AvgIpc) is 3.13. The van der Waals surface area contributed by atoms with Crippen LogP contribution in [0.2, 0.25) is 0 Å². The standard InChI is InChI=1S/C19H26BN9O/c20-14-11-25-29-16(24-10-12-2-1-5-23-9-12)8-15(26-17(14)29)13-3-6-28(7-4-13)19(30)27-18(21)22/h1-2,5,8-9,11,13,18,24H,3-4,6-7,10,20-22H2,(H,27,30). The van der Waals surface area contributed by atoms with E-state index in [-0.39, 0.29) is 11.9 Å². The summed E-state index contributed by atoms with van der Waals surface area (Å²) in [6.07, 6.45) is 6.23. The first-order valence-electron chi connectivity index (χ1n) is 10.1. The van der Waals surface area contributed by atoms with Gasteiger partial charge >= 0.3 is 6.03 Å². The highest BCUT2D eigenvalue weighted by Gasteiger charge is 2.26. The number of carbonyl (C=O) groups is 1. The number of pyridine rings is 1. The van der Waals surface area contributed by atoms with Crippen LogP contribution in [0.25, 0.3) is 5.65 Å². The van der Waals surface area contributed by atoms with Crippen LogP contribution in [-0.4, -0.2) is 57.7 Å². The summed E-state index contributed by atoms with van der Waals surface area (Å²) in [6.45, 7) is 1.91. The van der Waals surface area contributed by atoms with Crippen molar-refractivity contribution in [1.82, 2.24) is 29.8 Å². The predicted molar refractivity (Wildman–Crippen MR) is 117 cm³/mol. The molecule has 4 heterocycles. The second-order valence-electron chi connectivity index (χ2n) is 7.58. The van der Waals surface area contributed by atoms with Crippen molar-refractivity contribution in [2.45, 2.75) is 31.6 Å². The first kappa shape index (κ1) is 20.1. The molecule has 4 rings (SSSR count). The van der Waals surface area contributed by atoms with E-state index in [1.165, 1.54) is 0 Å². The molecule has 1 saturated heterocycles. The lowest BCUT2D eigenvalue weighted by molar-refractivity contribution is 0.177. The van der Waals surface area contributed by atoms with Gasteiger partial charge in [0.2, 0.25) is 0 Å². The minimum absolute atomic E-state index is 0.225. The Bertz CT molecular complexity index is 1020. The van der Waals surface area contributed by atoms with Gasteiger partial charge in [-0.3, -0.25) is 16.5 Å². The van der Waals surface area contributed by atoms with E-state index in [1.807, 2.05) is 36.9 Å². The largest absolute Gasteiger partial charge is 0.366 e. The number of fused-ring (bicyclic) bond motifs is 1. The fourth-order valence-corrected chi connectivity index (χ4v) is 3.73. The van der Waals surface area contributed by atoms with Gasteiger partial charge in [-0.15, -0.1) is 0 Å². The molecule has 1 fully saturated rings. The van der Waals surface area contributed by atoms with Gasteiger partial charge in [-0.25, -0.2) is 9.78 Å². The van der Waals surface area contributed by atoms with Crippen LogP contribution >= 0.6 is 0 Å². The van der Waals surface area contributed by atoms with Crippen molar-refractivity contribution >= 4 is 30.8 Å². The van der Waals surface area contributed by atoms with E-state index >= 15 is 0 Å². The lowest BCUT2D eigenvalue weighted by Gasteiger charge is -2.32. The molecule has 10 nitrogen and oxygen atoms in total. The van der Waals surface area contributed by atoms with Crippen molar-refractivity contribution in [3.63, 3.8) is 0 Å². The number of hydrogen-bond donors (Lipinski definition) is 4. The van der Waals surface area contributed by atoms with Crippen LogP contribution in [0.1, 0.15) is 30.0 Å². The van der Waals surface area contributed by atoms with Crippen molar-refractivity contribution in [3.8, 4) is 0 Å². The van der Waals surface area contributed by atoms with Gasteiger partial charge in [0.25, 0.3) is 0 Å². The number of nitrogens with one attached hydrogen (secondary N) is 2. The Morgan fingerprint density at radius 2 is 2.10 bits per heavy atom. The summed E-state index contributed by atoms with van der Waals surface area (Å²) in [6, 6.07) is 5.79. The predicted octanol–water partition coefficient (Wildman–Crippen LogP) is -0.915. The summed E-state index contributed by atoms with van der Waals surface area (Å²) < 4.78 is 1.83. The summed E-state index contributed by atoms with van der Waals surface area (Å²) in [5, 5.41) is 10.5. The molecular formula is C19H26BN9O. The molecule has 0 aliphatic carbocycles. The molecule has 156 valence electrons. The zero-order valence-electron chi connectivity index (χ0n) is 17.0. The first-order valence-corrected chi connectivity index (χ1v) is 10.1. The van der Waals surface area contributed by atoms with Crippen molar-refractivity contribution in [2.75, 3.05) is 18.4 Å². The minimum atomic E-state index is -0.849. The molecule has 3 aromatic rings.